The van der Waals surface area contributed by atoms with E-state index in [0.29, 0.717) is 11.1 Å². The van der Waals surface area contributed by atoms with Crippen molar-refractivity contribution in [3.8, 4) is 10.4 Å². The largest absolute Gasteiger partial charge is 0.391 e. The van der Waals surface area contributed by atoms with E-state index in [1.54, 1.807) is 11.3 Å². The van der Waals surface area contributed by atoms with E-state index >= 15 is 0 Å². The molecule has 1 aliphatic heterocycles. The summed E-state index contributed by atoms with van der Waals surface area (Å²) in [7, 11) is 0. The molecule has 2 amide bonds. The van der Waals surface area contributed by atoms with E-state index in [1.165, 1.54) is 4.90 Å². The summed E-state index contributed by atoms with van der Waals surface area (Å²) < 4.78 is 11.3. The number of benzene rings is 1. The third-order valence-electron chi connectivity index (χ3n) is 6.48. The highest BCUT2D eigenvalue weighted by Crippen LogP contribution is 2.31. The molecule has 1 fully saturated rings. The summed E-state index contributed by atoms with van der Waals surface area (Å²) in [4.78, 5) is 33.7. The number of carbonyl (C=O) groups is 2. The molecule has 192 valence electrons. The van der Waals surface area contributed by atoms with Crippen molar-refractivity contribution >= 4 is 44.3 Å². The first-order chi connectivity index (χ1) is 16.5. The van der Waals surface area contributed by atoms with Gasteiger partial charge in [-0.05, 0) is 30.4 Å². The van der Waals surface area contributed by atoms with Gasteiger partial charge in [-0.25, -0.2) is 4.98 Å². The molecular formula is C25H35IN4O4S. The molecule has 3 N–H and O–H groups in total. The van der Waals surface area contributed by atoms with Crippen molar-refractivity contribution in [2.24, 2.45) is 11.3 Å². The Balaban J connectivity index is 1.70. The number of carbonyl (C=O) groups excluding carboxylic acids is 2. The smallest absolute Gasteiger partial charge is 0.243 e. The van der Waals surface area contributed by atoms with Gasteiger partial charge < -0.3 is 20.6 Å². The molecule has 0 saturated carbocycles. The monoisotopic (exact) mass is 614 g/mol. The molecule has 2 heterocycles. The summed E-state index contributed by atoms with van der Waals surface area (Å²) in [5.74, 6) is -0.836. The Morgan fingerprint density at radius 1 is 1.29 bits per heavy atom. The number of aromatic nitrogens is 1. The van der Waals surface area contributed by atoms with Crippen molar-refractivity contribution in [2.45, 2.75) is 59.2 Å². The number of rotatable bonds is 9. The normalized spacial score (nSPS) is 20.0. The molecule has 1 aromatic heterocycles. The van der Waals surface area contributed by atoms with Crippen LogP contribution in [0.15, 0.2) is 29.8 Å². The molecule has 1 saturated heterocycles. The Morgan fingerprint density at radius 3 is 2.54 bits per heavy atom. The molecule has 35 heavy (non-hydrogen) atoms. The van der Waals surface area contributed by atoms with E-state index in [9.17, 15) is 17.8 Å². The Morgan fingerprint density at radius 2 is 1.97 bits per heavy atom. The lowest BCUT2D eigenvalue weighted by molar-refractivity contribution is -0.144. The van der Waals surface area contributed by atoms with Crippen molar-refractivity contribution < 1.29 is 17.8 Å². The van der Waals surface area contributed by atoms with E-state index in [1.807, 2.05) is 64.4 Å². The number of hydrogen-bond donors (Lipinski definition) is 3. The Hall–Kier alpha value is -1.76. The Kier molecular flexibility index (Phi) is 9.53. The first kappa shape index (κ1) is 27.8. The Labute approximate surface area is 221 Å². The predicted molar refractivity (Wildman–Crippen MR) is 145 cm³/mol. The van der Waals surface area contributed by atoms with Gasteiger partial charge in [0.2, 0.25) is 11.8 Å². The van der Waals surface area contributed by atoms with Crippen LogP contribution in [-0.2, 0) is 12.7 Å². The number of thiazole rings is 1. The van der Waals surface area contributed by atoms with Crippen LogP contribution in [0.1, 0.15) is 51.4 Å². The van der Waals surface area contributed by atoms with Crippen LogP contribution in [0.5, 0.6) is 0 Å². The number of likely N-dealkylation sites (tertiary alicyclic amines) is 1. The van der Waals surface area contributed by atoms with Crippen LogP contribution in [0.25, 0.3) is 10.4 Å². The molecule has 2 aromatic rings. The van der Waals surface area contributed by atoms with Crippen LogP contribution < -0.4 is 10.6 Å². The van der Waals surface area contributed by atoms with Crippen LogP contribution in [0, 0.1) is 18.3 Å². The van der Waals surface area contributed by atoms with Crippen LogP contribution in [0.3, 0.4) is 0 Å². The molecule has 0 bridgehead atoms. The molecule has 0 radical (unpaired) electrons. The molecule has 0 spiro atoms. The number of aryl methyl sites for hydroxylation is 1. The van der Waals surface area contributed by atoms with Crippen molar-refractivity contribution in [1.29, 1.82) is 0 Å². The zero-order valence-corrected chi connectivity index (χ0v) is 23.9. The van der Waals surface area contributed by atoms with Crippen molar-refractivity contribution in [1.82, 2.24) is 20.5 Å². The second kappa shape index (κ2) is 12.0. The topological polar surface area (TPSA) is 112 Å². The predicted octanol–water partition coefficient (Wildman–Crippen LogP) is 3.78. The summed E-state index contributed by atoms with van der Waals surface area (Å²) >= 11 is 0.437. The van der Waals surface area contributed by atoms with Gasteiger partial charge >= 0.3 is 0 Å². The maximum atomic E-state index is 13.5. The third-order valence-corrected chi connectivity index (χ3v) is 8.31. The molecule has 10 heteroatoms. The second-order valence-electron chi connectivity index (χ2n) is 10.1. The van der Waals surface area contributed by atoms with Gasteiger partial charge in [0.25, 0.3) is 0 Å². The fourth-order valence-corrected chi connectivity index (χ4v) is 5.75. The van der Waals surface area contributed by atoms with E-state index in [4.69, 9.17) is 0 Å². The molecule has 8 nitrogen and oxygen atoms in total. The van der Waals surface area contributed by atoms with Gasteiger partial charge in [0, 0.05) is 19.5 Å². The summed E-state index contributed by atoms with van der Waals surface area (Å²) in [6.45, 7) is 10.3. The molecule has 1 aliphatic rings. The van der Waals surface area contributed by atoms with Crippen LogP contribution in [0.2, 0.25) is 0 Å². The number of aliphatic hydroxyl groups excluding tert-OH is 1. The maximum Gasteiger partial charge on any atom is 0.243 e. The first-order valence-corrected chi connectivity index (χ1v) is 15.0. The fraction of sp³-hybridized carbons (Fsp3) is 0.560. The highest BCUT2D eigenvalue weighted by atomic mass is 127. The number of alkyl halides is 1. The maximum absolute atomic E-state index is 13.5. The second-order valence-corrected chi connectivity index (χ2v) is 12.4. The average molecular weight is 615 g/mol. The summed E-state index contributed by atoms with van der Waals surface area (Å²) in [5.41, 5.74) is 4.51. The zero-order valence-electron chi connectivity index (χ0n) is 20.9. The van der Waals surface area contributed by atoms with Gasteiger partial charge in [-0.1, -0.05) is 45.0 Å². The molecule has 1 aromatic carbocycles. The van der Waals surface area contributed by atoms with E-state index in [2.05, 4.69) is 15.6 Å². The number of hydrogen-bond acceptors (Lipinski definition) is 7. The lowest BCUT2D eigenvalue weighted by Gasteiger charge is -2.35. The summed E-state index contributed by atoms with van der Waals surface area (Å²) in [5, 5.41) is 16.5. The summed E-state index contributed by atoms with van der Waals surface area (Å²) in [6.07, 6.45) is -0.530. The van der Waals surface area contributed by atoms with E-state index < -0.39 is 39.3 Å². The van der Waals surface area contributed by atoms with Crippen molar-refractivity contribution in [2.75, 3.05) is 17.6 Å². The van der Waals surface area contributed by atoms with Gasteiger partial charge in [0.1, 0.15) is 6.04 Å². The molecule has 3 rings (SSSR count). The Bertz CT molecular complexity index is 1040. The van der Waals surface area contributed by atoms with Crippen molar-refractivity contribution in [3.63, 3.8) is 0 Å². The molecular weight excluding hydrogens is 579 g/mol. The molecule has 0 unspecified atom stereocenters. The van der Waals surface area contributed by atoms with Gasteiger partial charge in [0.15, 0.2) is 21.2 Å². The minimum Gasteiger partial charge on any atom is -0.391 e. The van der Waals surface area contributed by atoms with Crippen LogP contribution in [0.4, 0.5) is 0 Å². The number of β-amino-alcohol motifs (C(OH)–C–C–N with tert-alkyl or cyclic N) is 1. The molecule has 0 aliphatic carbocycles. The highest BCUT2D eigenvalue weighted by molar-refractivity contribution is 14.1. The number of amides is 2. The lowest BCUT2D eigenvalue weighted by Crippen LogP contribution is -2.52. The first-order valence-electron chi connectivity index (χ1n) is 11.7. The number of aliphatic hydroxyl groups is 1. The van der Waals surface area contributed by atoms with Gasteiger partial charge in [-0.2, -0.15) is 0 Å². The van der Waals surface area contributed by atoms with Gasteiger partial charge in [-0.3, -0.25) is 12.7 Å². The molecule has 4 atom stereocenters. The minimum absolute atomic E-state index is 0.134. The number of halogens is 1. The average Bonchev–Trinajstić information content (AvgIpc) is 3.41. The summed E-state index contributed by atoms with van der Waals surface area (Å²) in [6, 6.07) is 7.06. The quantitative estimate of drug-likeness (QED) is 0.172. The lowest BCUT2D eigenvalue weighted by atomic mass is 9.79. The van der Waals surface area contributed by atoms with Gasteiger partial charge in [0.05, 0.1) is 38.7 Å². The van der Waals surface area contributed by atoms with E-state index in [-0.39, 0.29) is 36.2 Å². The number of nitrogens with one attached hydrogen (secondary N) is 2. The zero-order chi connectivity index (χ0) is 25.8. The van der Waals surface area contributed by atoms with Crippen LogP contribution >= 0.6 is 32.5 Å². The number of nitrogens with zero attached hydrogens (tertiary/aromatic N) is 2. The van der Waals surface area contributed by atoms with Gasteiger partial charge in [-0.15, -0.1) is 11.3 Å². The third kappa shape index (κ3) is 6.93. The highest BCUT2D eigenvalue weighted by Gasteiger charge is 2.43. The van der Waals surface area contributed by atoms with Crippen molar-refractivity contribution in [3.05, 3.63) is 41.0 Å². The standard InChI is InChI=1S/C25H35IN4O4S/c1-15(17-6-8-18(9-7-17)22-16(2)28-14-35-22)29-23(32)21-10-19(31)12-30(21)24(33)20(25(3,4)5)11-27-13-26-34/h6-9,14-15,19-21,27,31H,10-13H2,1-5H3,(H,29,32)/t15-,19-,20+,21-/m0/s1. The van der Waals surface area contributed by atoms with E-state index in [0.717, 1.165) is 21.7 Å². The SMILES string of the molecule is Cc1ncsc1-c1ccc([C@H](C)NC(=O)[C@@H]2C[C@H](O)CN2C(=O)[C@@H](CNCI=O)C(C)(C)C)cc1. The fourth-order valence-electron chi connectivity index (χ4n) is 4.40. The minimum atomic E-state index is -1.16. The van der Waals surface area contributed by atoms with Crippen LogP contribution in [-0.4, -0.2) is 56.6 Å².